The minimum absolute atomic E-state index is 0.197. The van der Waals surface area contributed by atoms with Crippen LogP contribution >= 0.6 is 11.8 Å². The van der Waals surface area contributed by atoms with Gasteiger partial charge in [-0.1, -0.05) is 13.8 Å². The lowest BCUT2D eigenvalue weighted by atomic mass is 9.87. The van der Waals surface area contributed by atoms with E-state index in [4.69, 9.17) is 9.47 Å². The SMILES string of the molecule is CSC1OC(C(C(C)C)N(C(C)=O)C2CC(OCCC(F)(F)F)CCN2)C(O)C(O)C1O. The quantitative estimate of drug-likeness (QED) is 0.402. The number of carbonyl (C=O) groups is 1. The molecule has 4 N–H and O–H groups in total. The van der Waals surface area contributed by atoms with Gasteiger partial charge in [-0.05, 0) is 25.1 Å². The van der Waals surface area contributed by atoms with E-state index in [1.807, 2.05) is 13.8 Å². The van der Waals surface area contributed by atoms with Crippen LogP contribution < -0.4 is 5.32 Å². The summed E-state index contributed by atoms with van der Waals surface area (Å²) >= 11 is 1.19. The molecule has 0 radical (unpaired) electrons. The fraction of sp³-hybridized carbons (Fsp3) is 0.950. The molecule has 8 unspecified atom stereocenters. The van der Waals surface area contributed by atoms with Crippen molar-refractivity contribution in [2.45, 2.75) is 94.4 Å². The molecule has 32 heavy (non-hydrogen) atoms. The minimum atomic E-state index is -4.30. The van der Waals surface area contributed by atoms with Crippen LogP contribution in [0.25, 0.3) is 0 Å². The van der Waals surface area contributed by atoms with Gasteiger partial charge in [0.05, 0.1) is 31.3 Å². The molecule has 2 heterocycles. The van der Waals surface area contributed by atoms with E-state index in [2.05, 4.69) is 5.32 Å². The number of amides is 1. The molecule has 12 heteroatoms. The highest BCUT2D eigenvalue weighted by molar-refractivity contribution is 7.99. The normalized spacial score (nSPS) is 35.0. The summed E-state index contributed by atoms with van der Waals surface area (Å²) in [6.45, 7) is 5.07. The molecule has 2 rings (SSSR count). The van der Waals surface area contributed by atoms with Crippen LogP contribution in [0.15, 0.2) is 0 Å². The number of aliphatic hydroxyl groups excluding tert-OH is 3. The number of thioether (sulfide) groups is 1. The Labute approximate surface area is 190 Å². The smallest absolute Gasteiger partial charge is 0.388 e. The molecule has 0 bridgehead atoms. The van der Waals surface area contributed by atoms with Crippen molar-refractivity contribution in [3.8, 4) is 0 Å². The van der Waals surface area contributed by atoms with Crippen molar-refractivity contribution in [2.75, 3.05) is 19.4 Å². The first-order valence-corrected chi connectivity index (χ1v) is 12.1. The number of aliphatic hydroxyl groups is 3. The third-order valence-corrected chi connectivity index (χ3v) is 6.81. The van der Waals surface area contributed by atoms with Crippen molar-refractivity contribution in [2.24, 2.45) is 5.92 Å². The number of hydrogen-bond donors (Lipinski definition) is 4. The zero-order valence-electron chi connectivity index (χ0n) is 18.8. The molecule has 2 saturated heterocycles. The van der Waals surface area contributed by atoms with Gasteiger partial charge in [-0.25, -0.2) is 0 Å². The Kier molecular flexibility index (Phi) is 10.1. The van der Waals surface area contributed by atoms with Crippen LogP contribution in [0, 0.1) is 5.92 Å². The maximum Gasteiger partial charge on any atom is 0.391 e. The summed E-state index contributed by atoms with van der Waals surface area (Å²) < 4.78 is 48.7. The molecule has 188 valence electrons. The highest BCUT2D eigenvalue weighted by Gasteiger charge is 2.50. The van der Waals surface area contributed by atoms with Gasteiger partial charge < -0.3 is 29.7 Å². The van der Waals surface area contributed by atoms with Gasteiger partial charge in [0.15, 0.2) is 0 Å². The fourth-order valence-electron chi connectivity index (χ4n) is 4.41. The molecule has 1 amide bonds. The van der Waals surface area contributed by atoms with Gasteiger partial charge >= 0.3 is 6.18 Å². The van der Waals surface area contributed by atoms with Crippen LogP contribution in [-0.4, -0.2) is 99.9 Å². The summed E-state index contributed by atoms with van der Waals surface area (Å²) in [5, 5.41) is 34.4. The second-order valence-corrected chi connectivity index (χ2v) is 9.63. The first-order chi connectivity index (χ1) is 14.9. The van der Waals surface area contributed by atoms with E-state index in [1.165, 1.54) is 23.6 Å². The zero-order valence-corrected chi connectivity index (χ0v) is 19.6. The molecule has 0 spiro atoms. The third-order valence-electron chi connectivity index (χ3n) is 5.95. The largest absolute Gasteiger partial charge is 0.391 e. The maximum atomic E-state index is 12.7. The summed E-state index contributed by atoms with van der Waals surface area (Å²) in [6, 6.07) is -0.661. The van der Waals surface area contributed by atoms with E-state index in [0.717, 1.165) is 0 Å². The summed E-state index contributed by atoms with van der Waals surface area (Å²) in [7, 11) is 0. The molecule has 0 aromatic carbocycles. The molecular formula is C20H35F3N2O6S. The van der Waals surface area contributed by atoms with Crippen molar-refractivity contribution < 1.29 is 42.8 Å². The topological polar surface area (TPSA) is 111 Å². The van der Waals surface area contributed by atoms with Gasteiger partial charge in [-0.15, -0.1) is 11.8 Å². The van der Waals surface area contributed by atoms with E-state index in [0.29, 0.717) is 13.0 Å². The number of nitrogens with one attached hydrogen (secondary N) is 1. The first kappa shape index (κ1) is 27.6. The number of carbonyl (C=O) groups excluding carboxylic acids is 1. The van der Waals surface area contributed by atoms with Crippen LogP contribution in [0.5, 0.6) is 0 Å². The average molecular weight is 489 g/mol. The molecule has 0 saturated carbocycles. The van der Waals surface area contributed by atoms with E-state index < -0.39 is 67.4 Å². The number of rotatable bonds is 8. The number of ether oxygens (including phenoxy) is 2. The summed E-state index contributed by atoms with van der Waals surface area (Å²) in [5.41, 5.74) is -0.786. The third kappa shape index (κ3) is 6.94. The number of halogens is 3. The van der Waals surface area contributed by atoms with E-state index in [9.17, 15) is 33.3 Å². The molecule has 0 aliphatic carbocycles. The number of hydrogen-bond acceptors (Lipinski definition) is 8. The molecule has 0 aromatic rings. The summed E-state index contributed by atoms with van der Waals surface area (Å²) in [6.07, 6.45) is -8.97. The second kappa shape index (κ2) is 11.7. The van der Waals surface area contributed by atoms with Crippen LogP contribution in [0.3, 0.4) is 0 Å². The van der Waals surface area contributed by atoms with Crippen LogP contribution in [0.4, 0.5) is 13.2 Å². The van der Waals surface area contributed by atoms with E-state index in [-0.39, 0.29) is 18.2 Å². The Balaban J connectivity index is 2.20. The zero-order chi connectivity index (χ0) is 24.2. The lowest BCUT2D eigenvalue weighted by molar-refractivity contribution is -0.221. The molecule has 2 aliphatic rings. The lowest BCUT2D eigenvalue weighted by Crippen LogP contribution is -2.67. The predicted molar refractivity (Wildman–Crippen MR) is 113 cm³/mol. The van der Waals surface area contributed by atoms with Gasteiger partial charge in [0, 0.05) is 13.3 Å². The summed E-state index contributed by atoms with van der Waals surface area (Å²) in [5.74, 6) is -0.508. The minimum Gasteiger partial charge on any atom is -0.388 e. The monoisotopic (exact) mass is 488 g/mol. The molecule has 8 atom stereocenters. The Morgan fingerprint density at radius 2 is 1.91 bits per heavy atom. The van der Waals surface area contributed by atoms with Crippen molar-refractivity contribution in [3.63, 3.8) is 0 Å². The Morgan fingerprint density at radius 1 is 1.25 bits per heavy atom. The molecule has 2 aliphatic heterocycles. The Hall–Kier alpha value is -0.630. The van der Waals surface area contributed by atoms with Gasteiger partial charge in [0.1, 0.15) is 29.9 Å². The Morgan fingerprint density at radius 3 is 2.44 bits per heavy atom. The van der Waals surface area contributed by atoms with Crippen molar-refractivity contribution >= 4 is 17.7 Å². The first-order valence-electron chi connectivity index (χ1n) is 10.8. The number of piperidine rings is 1. The highest BCUT2D eigenvalue weighted by atomic mass is 32.2. The predicted octanol–water partition coefficient (Wildman–Crippen LogP) is 1.08. The van der Waals surface area contributed by atoms with Crippen molar-refractivity contribution in [3.05, 3.63) is 0 Å². The maximum absolute atomic E-state index is 12.7. The van der Waals surface area contributed by atoms with Crippen LogP contribution in [0.2, 0.25) is 0 Å². The summed E-state index contributed by atoms with van der Waals surface area (Å²) in [4.78, 5) is 14.3. The second-order valence-electron chi connectivity index (χ2n) is 8.69. The number of nitrogens with zero attached hydrogens (tertiary/aromatic N) is 1. The standard InChI is InChI=1S/C20H35F3N2O6S/c1-10(2)14(18-16(28)15(27)17(29)19(31-18)32-4)25(11(3)26)13-9-12(5-7-24-13)30-8-6-20(21,22)23/h10,12-19,24,27-29H,5-9H2,1-4H3. The van der Waals surface area contributed by atoms with Gasteiger partial charge in [0.25, 0.3) is 0 Å². The molecule has 2 fully saturated rings. The van der Waals surface area contributed by atoms with E-state index in [1.54, 1.807) is 6.26 Å². The van der Waals surface area contributed by atoms with E-state index >= 15 is 0 Å². The van der Waals surface area contributed by atoms with Crippen LogP contribution in [-0.2, 0) is 14.3 Å². The van der Waals surface area contributed by atoms with Gasteiger partial charge in [0.2, 0.25) is 5.91 Å². The molecular weight excluding hydrogens is 453 g/mol. The highest BCUT2D eigenvalue weighted by Crippen LogP contribution is 2.34. The lowest BCUT2D eigenvalue weighted by Gasteiger charge is -2.50. The van der Waals surface area contributed by atoms with Crippen molar-refractivity contribution in [1.82, 2.24) is 10.2 Å². The van der Waals surface area contributed by atoms with Gasteiger partial charge in [-0.2, -0.15) is 13.2 Å². The van der Waals surface area contributed by atoms with Crippen molar-refractivity contribution in [1.29, 1.82) is 0 Å². The number of alkyl halides is 3. The Bertz CT molecular complexity index is 612. The van der Waals surface area contributed by atoms with Gasteiger partial charge in [-0.3, -0.25) is 10.1 Å². The fourth-order valence-corrected chi connectivity index (χ4v) is 5.09. The average Bonchev–Trinajstić information content (AvgIpc) is 2.70. The molecule has 0 aromatic heterocycles. The molecule has 8 nitrogen and oxygen atoms in total. The van der Waals surface area contributed by atoms with Crippen LogP contribution in [0.1, 0.15) is 40.0 Å².